The maximum Gasteiger partial charge on any atom is 0.238 e. The van der Waals surface area contributed by atoms with E-state index >= 15 is 0 Å². The van der Waals surface area contributed by atoms with Gasteiger partial charge in [-0.1, -0.05) is 0 Å². The lowest BCUT2D eigenvalue weighted by molar-refractivity contribution is -0.115. The Morgan fingerprint density at radius 3 is 2.52 bits per heavy atom. The molecule has 0 saturated carbocycles. The van der Waals surface area contributed by atoms with Crippen molar-refractivity contribution in [2.45, 2.75) is 0 Å². The van der Waals surface area contributed by atoms with Gasteiger partial charge in [-0.2, -0.15) is 15.0 Å². The molecule has 1 aromatic carbocycles. The first-order valence-electron chi connectivity index (χ1n) is 6.26. The van der Waals surface area contributed by atoms with Crippen LogP contribution in [0.3, 0.4) is 0 Å². The van der Waals surface area contributed by atoms with Crippen molar-refractivity contribution in [1.29, 1.82) is 0 Å². The van der Waals surface area contributed by atoms with Crippen LogP contribution >= 0.6 is 12.4 Å². The van der Waals surface area contributed by atoms with Crippen LogP contribution in [0.25, 0.3) is 5.69 Å². The first kappa shape index (κ1) is 17.1. The third kappa shape index (κ3) is 5.50. The number of hydrogen-bond donors (Lipinski definition) is 2. The van der Waals surface area contributed by atoms with Crippen LogP contribution in [-0.4, -0.2) is 47.7 Å². The minimum absolute atomic E-state index is 0. The van der Waals surface area contributed by atoms with Crippen molar-refractivity contribution in [3.05, 3.63) is 36.7 Å². The van der Waals surface area contributed by atoms with Gasteiger partial charge >= 0.3 is 0 Å². The van der Waals surface area contributed by atoms with E-state index in [2.05, 4.69) is 20.8 Å². The van der Waals surface area contributed by atoms with Gasteiger partial charge in [0.2, 0.25) is 5.91 Å². The standard InChI is InChI=1S/C13H17N5O2.ClH/c1-20-9-8-14-10-13(19)17-11-2-4-12(5-3-11)18-15-6-7-16-18;/h2-7,14H,8-10H2,1H3,(H,17,19);1H. The molecule has 1 heterocycles. The van der Waals surface area contributed by atoms with Crippen molar-refractivity contribution in [3.63, 3.8) is 0 Å². The molecule has 1 amide bonds. The lowest BCUT2D eigenvalue weighted by Gasteiger charge is -2.07. The second-order valence-electron chi connectivity index (χ2n) is 4.08. The minimum atomic E-state index is -0.0916. The largest absolute Gasteiger partial charge is 0.383 e. The fraction of sp³-hybridized carbons (Fsp3) is 0.308. The number of nitrogens with one attached hydrogen (secondary N) is 2. The van der Waals surface area contributed by atoms with Gasteiger partial charge in [-0.05, 0) is 24.3 Å². The molecule has 0 radical (unpaired) electrons. The second kappa shape index (κ2) is 9.06. The maximum absolute atomic E-state index is 11.6. The Hall–Kier alpha value is -1.96. The van der Waals surface area contributed by atoms with E-state index in [9.17, 15) is 4.79 Å². The van der Waals surface area contributed by atoms with Crippen molar-refractivity contribution in [2.75, 3.05) is 32.1 Å². The number of hydrogen-bond acceptors (Lipinski definition) is 5. The Morgan fingerprint density at radius 1 is 1.24 bits per heavy atom. The van der Waals surface area contributed by atoms with Crippen molar-refractivity contribution in [1.82, 2.24) is 20.3 Å². The maximum atomic E-state index is 11.6. The molecule has 2 N–H and O–H groups in total. The van der Waals surface area contributed by atoms with Gasteiger partial charge in [0.15, 0.2) is 0 Å². The van der Waals surface area contributed by atoms with E-state index in [-0.39, 0.29) is 24.9 Å². The number of ether oxygens (including phenoxy) is 1. The summed E-state index contributed by atoms with van der Waals surface area (Å²) in [6.45, 7) is 1.48. The minimum Gasteiger partial charge on any atom is -0.383 e. The number of carbonyl (C=O) groups excluding carboxylic acids is 1. The lowest BCUT2D eigenvalue weighted by atomic mass is 10.3. The molecule has 0 aliphatic carbocycles. The molecule has 0 atom stereocenters. The molecule has 8 heteroatoms. The summed E-state index contributed by atoms with van der Waals surface area (Å²) < 4.78 is 4.88. The van der Waals surface area contributed by atoms with E-state index in [0.29, 0.717) is 13.2 Å². The Kier molecular flexibility index (Phi) is 7.38. The van der Waals surface area contributed by atoms with Gasteiger partial charge < -0.3 is 15.4 Å². The van der Waals surface area contributed by atoms with E-state index in [4.69, 9.17) is 4.74 Å². The number of amides is 1. The number of aromatic nitrogens is 3. The summed E-state index contributed by atoms with van der Waals surface area (Å²) in [5.41, 5.74) is 1.57. The average Bonchev–Trinajstić information content (AvgIpc) is 2.99. The molecule has 0 aliphatic rings. The number of halogens is 1. The van der Waals surface area contributed by atoms with E-state index in [0.717, 1.165) is 11.4 Å². The highest BCUT2D eigenvalue weighted by atomic mass is 35.5. The predicted octanol–water partition coefficient (Wildman–Crippen LogP) is 0.864. The monoisotopic (exact) mass is 311 g/mol. The summed E-state index contributed by atoms with van der Waals surface area (Å²) in [5, 5.41) is 13.8. The Morgan fingerprint density at radius 2 is 1.90 bits per heavy atom. The normalized spacial score (nSPS) is 9.95. The molecular formula is C13H18ClN5O2. The van der Waals surface area contributed by atoms with Crippen molar-refractivity contribution in [2.24, 2.45) is 0 Å². The number of methoxy groups -OCH3 is 1. The highest BCUT2D eigenvalue weighted by Crippen LogP contribution is 2.11. The first-order chi connectivity index (χ1) is 9.79. The van der Waals surface area contributed by atoms with Gasteiger partial charge in [0.05, 0.1) is 31.2 Å². The molecule has 0 saturated heterocycles. The number of benzene rings is 1. The second-order valence-corrected chi connectivity index (χ2v) is 4.08. The quantitative estimate of drug-likeness (QED) is 0.741. The zero-order valence-electron chi connectivity index (χ0n) is 11.7. The van der Waals surface area contributed by atoms with Gasteiger partial charge in [0, 0.05) is 19.3 Å². The molecule has 21 heavy (non-hydrogen) atoms. The SMILES string of the molecule is COCCNCC(=O)Nc1ccc(-n2nccn2)cc1.Cl. The van der Waals surface area contributed by atoms with Gasteiger partial charge in [-0.3, -0.25) is 4.79 Å². The fourth-order valence-corrected chi connectivity index (χ4v) is 1.61. The molecule has 2 rings (SSSR count). The Balaban J connectivity index is 0.00000220. The van der Waals surface area contributed by atoms with Crippen LogP contribution < -0.4 is 10.6 Å². The molecular weight excluding hydrogens is 294 g/mol. The molecule has 0 unspecified atom stereocenters. The van der Waals surface area contributed by atoms with Crippen LogP contribution in [0.15, 0.2) is 36.7 Å². The van der Waals surface area contributed by atoms with E-state index in [1.807, 2.05) is 24.3 Å². The molecule has 7 nitrogen and oxygen atoms in total. The van der Waals surface area contributed by atoms with Crippen LogP contribution in [0.2, 0.25) is 0 Å². The van der Waals surface area contributed by atoms with Crippen molar-refractivity contribution >= 4 is 24.0 Å². The number of rotatable bonds is 7. The average molecular weight is 312 g/mol. The predicted molar refractivity (Wildman–Crippen MR) is 82.0 cm³/mol. The zero-order valence-corrected chi connectivity index (χ0v) is 12.5. The fourth-order valence-electron chi connectivity index (χ4n) is 1.61. The summed E-state index contributed by atoms with van der Waals surface area (Å²) >= 11 is 0. The van der Waals surface area contributed by atoms with Crippen LogP contribution in [0, 0.1) is 0 Å². The van der Waals surface area contributed by atoms with E-state index in [1.165, 1.54) is 4.80 Å². The molecule has 0 aliphatic heterocycles. The van der Waals surface area contributed by atoms with Gasteiger partial charge in [0.1, 0.15) is 0 Å². The van der Waals surface area contributed by atoms with Gasteiger partial charge in [0.25, 0.3) is 0 Å². The summed E-state index contributed by atoms with van der Waals surface area (Å²) in [5.74, 6) is -0.0916. The zero-order chi connectivity index (χ0) is 14.2. The number of nitrogens with zero attached hydrogens (tertiary/aromatic N) is 3. The Labute approximate surface area is 129 Å². The van der Waals surface area contributed by atoms with Crippen LogP contribution in [-0.2, 0) is 9.53 Å². The molecule has 114 valence electrons. The van der Waals surface area contributed by atoms with Crippen molar-refractivity contribution < 1.29 is 9.53 Å². The number of anilines is 1. The molecule has 2 aromatic rings. The Bertz CT molecular complexity index is 530. The smallest absolute Gasteiger partial charge is 0.238 e. The summed E-state index contributed by atoms with van der Waals surface area (Å²) in [6.07, 6.45) is 3.22. The molecule has 1 aromatic heterocycles. The topological polar surface area (TPSA) is 81.1 Å². The van der Waals surface area contributed by atoms with Crippen LogP contribution in [0.5, 0.6) is 0 Å². The number of carbonyl (C=O) groups is 1. The summed E-state index contributed by atoms with van der Waals surface area (Å²) in [7, 11) is 1.62. The summed E-state index contributed by atoms with van der Waals surface area (Å²) in [4.78, 5) is 13.2. The third-order valence-corrected chi connectivity index (χ3v) is 2.57. The molecule has 0 fully saturated rings. The van der Waals surface area contributed by atoms with Crippen molar-refractivity contribution in [3.8, 4) is 5.69 Å². The summed E-state index contributed by atoms with van der Waals surface area (Å²) in [6, 6.07) is 7.30. The highest BCUT2D eigenvalue weighted by Gasteiger charge is 2.02. The van der Waals surface area contributed by atoms with E-state index < -0.39 is 0 Å². The first-order valence-corrected chi connectivity index (χ1v) is 6.26. The molecule has 0 bridgehead atoms. The lowest BCUT2D eigenvalue weighted by Crippen LogP contribution is -2.30. The third-order valence-electron chi connectivity index (χ3n) is 2.57. The molecule has 0 spiro atoms. The van der Waals surface area contributed by atoms with Gasteiger partial charge in [-0.25, -0.2) is 0 Å². The van der Waals surface area contributed by atoms with Crippen LogP contribution in [0.4, 0.5) is 5.69 Å². The van der Waals surface area contributed by atoms with E-state index in [1.54, 1.807) is 19.5 Å². The highest BCUT2D eigenvalue weighted by molar-refractivity contribution is 5.92. The van der Waals surface area contributed by atoms with Crippen LogP contribution in [0.1, 0.15) is 0 Å². The van der Waals surface area contributed by atoms with Gasteiger partial charge in [-0.15, -0.1) is 12.4 Å².